The van der Waals surface area contributed by atoms with Crippen LogP contribution in [0.1, 0.15) is 24.0 Å². The molecule has 1 aliphatic rings. The lowest BCUT2D eigenvalue weighted by Gasteiger charge is -2.02. The van der Waals surface area contributed by atoms with Crippen LogP contribution in [-0.2, 0) is 6.42 Å². The largest absolute Gasteiger partial charge is 0.205 e. The monoisotopic (exact) mass is 288 g/mol. The summed E-state index contributed by atoms with van der Waals surface area (Å²) in [5.41, 5.74) is 1.39. The molecule has 0 nitrogen and oxygen atoms in total. The van der Waals surface area contributed by atoms with E-state index in [0.29, 0.717) is 20.9 Å². The second-order valence-corrected chi connectivity index (χ2v) is 6.76. The Labute approximate surface area is 120 Å². The highest BCUT2D eigenvalue weighted by atomic mass is 32.1. The predicted octanol–water partition coefficient (Wildman–Crippen LogP) is 5.59. The molecule has 0 radical (unpaired) electrons. The van der Waals surface area contributed by atoms with Crippen LogP contribution in [0.3, 0.4) is 0 Å². The molecule has 0 unspecified atom stereocenters. The minimum atomic E-state index is -0.216. The molecule has 1 fully saturated rings. The zero-order valence-electron chi connectivity index (χ0n) is 11.2. The van der Waals surface area contributed by atoms with Crippen molar-refractivity contribution in [1.82, 2.24) is 0 Å². The number of hydrogen-bond donors (Lipinski definition) is 0. The molecule has 0 N–H and O–H groups in total. The van der Waals surface area contributed by atoms with Crippen molar-refractivity contribution in [2.45, 2.75) is 26.2 Å². The number of rotatable bonds is 2. The first kappa shape index (κ1) is 12.3. The normalized spacial score (nSPS) is 15.3. The van der Waals surface area contributed by atoms with Gasteiger partial charge in [0.25, 0.3) is 0 Å². The van der Waals surface area contributed by atoms with E-state index < -0.39 is 0 Å². The van der Waals surface area contributed by atoms with E-state index in [-0.39, 0.29) is 11.6 Å². The van der Waals surface area contributed by atoms with Gasteiger partial charge in [-0.15, -0.1) is 11.3 Å². The number of fused-ring (bicyclic) bond motifs is 3. The molecule has 0 saturated heterocycles. The summed E-state index contributed by atoms with van der Waals surface area (Å²) in [6, 6.07) is 7.48. The fourth-order valence-corrected chi connectivity index (χ4v) is 4.02. The Kier molecular flexibility index (Phi) is 2.61. The lowest BCUT2D eigenvalue weighted by Crippen LogP contribution is -1.91. The van der Waals surface area contributed by atoms with Crippen molar-refractivity contribution in [1.29, 1.82) is 0 Å². The summed E-state index contributed by atoms with van der Waals surface area (Å²) in [7, 11) is 0. The highest BCUT2D eigenvalue weighted by molar-refractivity contribution is 7.25. The molecule has 1 heterocycles. The first-order valence-electron chi connectivity index (χ1n) is 6.94. The molecule has 1 aliphatic carbocycles. The minimum absolute atomic E-state index is 0.146. The van der Waals surface area contributed by atoms with Crippen LogP contribution in [0.5, 0.6) is 0 Å². The van der Waals surface area contributed by atoms with E-state index in [4.69, 9.17) is 0 Å². The first-order valence-corrected chi connectivity index (χ1v) is 7.75. The standard InChI is InChI=1S/C17H14F2S/c1-9-2-6-12-13-7-5-11(8-10-3-4-10)15(19)17(13)20-16(12)14(9)18/h2,5-7,10H,3-4,8H2,1H3. The van der Waals surface area contributed by atoms with Gasteiger partial charge < -0.3 is 0 Å². The fraction of sp³-hybridized carbons (Fsp3) is 0.294. The van der Waals surface area contributed by atoms with Crippen LogP contribution in [0.25, 0.3) is 20.2 Å². The van der Waals surface area contributed by atoms with Gasteiger partial charge in [0.1, 0.15) is 11.6 Å². The van der Waals surface area contributed by atoms with E-state index in [1.807, 2.05) is 18.2 Å². The smallest absolute Gasteiger partial charge is 0.144 e. The van der Waals surface area contributed by atoms with Crippen LogP contribution in [-0.4, -0.2) is 0 Å². The molecule has 3 aromatic rings. The zero-order chi connectivity index (χ0) is 13.9. The van der Waals surface area contributed by atoms with Crippen molar-refractivity contribution in [3.8, 4) is 0 Å². The summed E-state index contributed by atoms with van der Waals surface area (Å²) < 4.78 is 30.0. The Morgan fingerprint density at radius 3 is 2.35 bits per heavy atom. The van der Waals surface area contributed by atoms with Gasteiger partial charge in [-0.25, -0.2) is 8.78 Å². The molecule has 0 aliphatic heterocycles. The van der Waals surface area contributed by atoms with Gasteiger partial charge in [0.2, 0.25) is 0 Å². The van der Waals surface area contributed by atoms with Crippen molar-refractivity contribution < 1.29 is 8.78 Å². The highest BCUT2D eigenvalue weighted by Crippen LogP contribution is 2.40. The predicted molar refractivity (Wildman–Crippen MR) is 80.4 cm³/mol. The topological polar surface area (TPSA) is 0 Å². The van der Waals surface area contributed by atoms with Crippen LogP contribution in [0.4, 0.5) is 8.78 Å². The molecular weight excluding hydrogens is 274 g/mol. The summed E-state index contributed by atoms with van der Waals surface area (Å²) in [6.45, 7) is 1.74. The van der Waals surface area contributed by atoms with Crippen LogP contribution in [0, 0.1) is 24.5 Å². The van der Waals surface area contributed by atoms with Gasteiger partial charge >= 0.3 is 0 Å². The van der Waals surface area contributed by atoms with Crippen molar-refractivity contribution in [3.05, 3.63) is 47.0 Å². The molecule has 1 aromatic heterocycles. The number of hydrogen-bond acceptors (Lipinski definition) is 1. The van der Waals surface area contributed by atoms with Crippen LogP contribution in [0.15, 0.2) is 24.3 Å². The van der Waals surface area contributed by atoms with Crippen molar-refractivity contribution in [3.63, 3.8) is 0 Å². The molecule has 0 bridgehead atoms. The molecule has 4 rings (SSSR count). The maximum atomic E-state index is 14.6. The summed E-state index contributed by atoms with van der Waals surface area (Å²) in [4.78, 5) is 0. The fourth-order valence-electron chi connectivity index (χ4n) is 2.77. The maximum Gasteiger partial charge on any atom is 0.144 e. The molecule has 0 atom stereocenters. The molecule has 0 amide bonds. The number of halogens is 2. The quantitative estimate of drug-likeness (QED) is 0.576. The Bertz CT molecular complexity index is 828. The van der Waals surface area contributed by atoms with Gasteiger partial charge in [-0.05, 0) is 43.2 Å². The van der Waals surface area contributed by atoms with Gasteiger partial charge in [-0.3, -0.25) is 0 Å². The summed E-state index contributed by atoms with van der Waals surface area (Å²) >= 11 is 1.24. The van der Waals surface area contributed by atoms with E-state index in [1.165, 1.54) is 24.2 Å². The van der Waals surface area contributed by atoms with Gasteiger partial charge in [0.15, 0.2) is 0 Å². The van der Waals surface area contributed by atoms with E-state index in [0.717, 1.165) is 22.8 Å². The van der Waals surface area contributed by atoms with E-state index >= 15 is 0 Å². The Balaban J connectivity index is 2.00. The Morgan fingerprint density at radius 2 is 1.65 bits per heavy atom. The van der Waals surface area contributed by atoms with Crippen molar-refractivity contribution in [2.75, 3.05) is 0 Å². The van der Waals surface area contributed by atoms with Crippen LogP contribution < -0.4 is 0 Å². The molecule has 1 saturated carbocycles. The third-order valence-corrected chi connectivity index (χ3v) is 5.37. The molecule has 20 heavy (non-hydrogen) atoms. The van der Waals surface area contributed by atoms with Gasteiger partial charge in [-0.1, -0.05) is 24.3 Å². The number of benzene rings is 2. The average molecular weight is 288 g/mol. The second kappa shape index (κ2) is 4.26. The van der Waals surface area contributed by atoms with Gasteiger partial charge in [0, 0.05) is 10.8 Å². The van der Waals surface area contributed by atoms with Crippen molar-refractivity contribution in [2.24, 2.45) is 5.92 Å². The maximum absolute atomic E-state index is 14.6. The molecule has 2 aromatic carbocycles. The Hall–Kier alpha value is -1.48. The number of thiophene rings is 1. The molecular formula is C17H14F2S. The first-order chi connectivity index (χ1) is 9.65. The third-order valence-electron chi connectivity index (χ3n) is 4.17. The zero-order valence-corrected chi connectivity index (χ0v) is 12.0. The van der Waals surface area contributed by atoms with Gasteiger partial charge in [-0.2, -0.15) is 0 Å². The average Bonchev–Trinajstić information content (AvgIpc) is 3.16. The number of aryl methyl sites for hydroxylation is 1. The minimum Gasteiger partial charge on any atom is -0.205 e. The van der Waals surface area contributed by atoms with E-state index in [1.54, 1.807) is 13.0 Å². The van der Waals surface area contributed by atoms with Crippen molar-refractivity contribution >= 4 is 31.5 Å². The highest BCUT2D eigenvalue weighted by Gasteiger charge is 2.24. The van der Waals surface area contributed by atoms with Crippen LogP contribution >= 0.6 is 11.3 Å². The molecule has 102 valence electrons. The lowest BCUT2D eigenvalue weighted by molar-refractivity contribution is 0.615. The second-order valence-electron chi connectivity index (χ2n) is 5.74. The third kappa shape index (κ3) is 1.76. The molecule has 0 spiro atoms. The Morgan fingerprint density at radius 1 is 1.00 bits per heavy atom. The summed E-state index contributed by atoms with van der Waals surface area (Å²) in [5, 5.41) is 1.66. The van der Waals surface area contributed by atoms with E-state index in [2.05, 4.69) is 0 Å². The van der Waals surface area contributed by atoms with Gasteiger partial charge in [0.05, 0.1) is 9.40 Å². The molecule has 3 heteroatoms. The van der Waals surface area contributed by atoms with Crippen LogP contribution in [0.2, 0.25) is 0 Å². The lowest BCUT2D eigenvalue weighted by atomic mass is 10.0. The SMILES string of the molecule is Cc1ccc2c(sc3c(F)c(CC4CC4)ccc32)c1F. The summed E-state index contributed by atoms with van der Waals surface area (Å²) in [6.07, 6.45) is 3.23. The summed E-state index contributed by atoms with van der Waals surface area (Å²) in [5.74, 6) is 0.287. The van der Waals surface area contributed by atoms with E-state index in [9.17, 15) is 8.78 Å².